The lowest BCUT2D eigenvalue weighted by Crippen LogP contribution is -2.62. The molecule has 0 radical (unpaired) electrons. The molecule has 0 unspecified atom stereocenters. The molecule has 1 aromatic heterocycles. The normalized spacial score (nSPS) is 21.6. The highest BCUT2D eigenvalue weighted by Crippen LogP contribution is 2.43. The minimum atomic E-state index is -0.994. The number of nitrogens with one attached hydrogen (secondary N) is 4. The molecular weight excluding hydrogens is 699 g/mol. The number of carbonyl (C=O) groups excluding carboxylic acids is 6. The maximum absolute atomic E-state index is 14.6. The first-order chi connectivity index (χ1) is 23.4. The van der Waals surface area contributed by atoms with Crippen molar-refractivity contribution in [2.75, 3.05) is 6.54 Å². The molecule has 4 aliphatic rings. The van der Waals surface area contributed by atoms with Crippen molar-refractivity contribution in [2.24, 2.45) is 23.2 Å². The summed E-state index contributed by atoms with van der Waals surface area (Å²) in [4.78, 5) is 91.4. The van der Waals surface area contributed by atoms with Crippen LogP contribution in [0.4, 0.5) is 0 Å². The van der Waals surface area contributed by atoms with E-state index in [4.69, 9.17) is 0 Å². The molecular formula is C42H77N7O6. The van der Waals surface area contributed by atoms with Crippen LogP contribution >= 0.6 is 0 Å². The number of hydrogen-bond donors (Lipinski definition) is 4. The summed E-state index contributed by atoms with van der Waals surface area (Å²) in [6.45, 7) is 7.85. The largest absolute Gasteiger partial charge is 0.347 e. The number of Topliss-reactive ketones (excluding diaryl/α,β-unsaturated/α-hetero) is 1. The molecule has 55 heavy (non-hydrogen) atoms. The van der Waals surface area contributed by atoms with E-state index in [2.05, 4.69) is 31.2 Å². The van der Waals surface area contributed by atoms with Crippen LogP contribution in [0.5, 0.6) is 0 Å². The van der Waals surface area contributed by atoms with Crippen LogP contribution in [0.15, 0.2) is 18.6 Å². The molecule has 0 bridgehead atoms. The predicted octanol–water partition coefficient (Wildman–Crippen LogP) is 6.26. The van der Waals surface area contributed by atoms with Crippen molar-refractivity contribution in [3.8, 4) is 0 Å². The second-order valence-corrected chi connectivity index (χ2v) is 15.5. The van der Waals surface area contributed by atoms with Crippen molar-refractivity contribution < 1.29 is 28.8 Å². The minimum Gasteiger partial charge on any atom is -0.347 e. The Morgan fingerprint density at radius 3 is 2.04 bits per heavy atom. The lowest BCUT2D eigenvalue weighted by molar-refractivity contribution is -0.146. The fourth-order valence-corrected chi connectivity index (χ4v) is 7.87. The van der Waals surface area contributed by atoms with Gasteiger partial charge in [0.1, 0.15) is 23.8 Å². The minimum absolute atomic E-state index is 0. The number of amides is 5. The maximum atomic E-state index is 14.6. The number of likely N-dealkylation sites (tertiary alicyclic amines) is 1. The van der Waals surface area contributed by atoms with E-state index in [9.17, 15) is 28.8 Å². The van der Waals surface area contributed by atoms with Crippen molar-refractivity contribution in [2.45, 2.75) is 180 Å². The number of fused-ring (bicyclic) bond motifs is 1. The van der Waals surface area contributed by atoms with Crippen LogP contribution in [0.2, 0.25) is 0 Å². The standard InChI is InChI=1S/C36H53N7O6.6CH4/c1-5-10-25(29(44)34(48)39-23-15-16-23)40-33(47)28-24-14-9-13-22(24)20-43(28)35(49)30(36(2,3)4)42-32(46)27(21-11-7-6-8-12-21)41-31(45)26-19-37-17-18-38-26;;;;;;/h17-19,21-25,27-28,30H,5-16,20H2,1-4H3,(H,39,48)(H,40,47)(H,41,45)(H,42,46);6*1H4/t22-,24+,25+,27+,28+,30-;;;;;;/m0....../s1. The summed E-state index contributed by atoms with van der Waals surface area (Å²) < 4.78 is 0. The van der Waals surface area contributed by atoms with E-state index >= 15 is 0 Å². The van der Waals surface area contributed by atoms with Gasteiger partial charge in [0.05, 0.1) is 12.2 Å². The molecule has 316 valence electrons. The summed E-state index contributed by atoms with van der Waals surface area (Å²) >= 11 is 0. The molecule has 0 aromatic carbocycles. The average Bonchev–Trinajstić information content (AvgIpc) is 3.65. The van der Waals surface area contributed by atoms with Gasteiger partial charge in [-0.15, -0.1) is 0 Å². The summed E-state index contributed by atoms with van der Waals surface area (Å²) in [5.74, 6) is -3.20. The van der Waals surface area contributed by atoms with E-state index < -0.39 is 59.0 Å². The Labute approximate surface area is 333 Å². The molecule has 5 amide bonds. The lowest BCUT2D eigenvalue weighted by Gasteiger charge is -2.38. The van der Waals surface area contributed by atoms with Crippen molar-refractivity contribution in [1.82, 2.24) is 36.1 Å². The molecule has 6 atom stereocenters. The monoisotopic (exact) mass is 776 g/mol. The third-order valence-corrected chi connectivity index (χ3v) is 10.7. The SMILES string of the molecule is C.C.C.C.C.C.CCC[C@@H](NC(=O)[C@H]1[C@@H]2CCC[C@H]2CN1C(=O)[C@H](NC(=O)[C@H](NC(=O)c1cnccn1)C1CCCCC1)C(C)(C)C)C(=O)C(=O)NC1CC1. The van der Waals surface area contributed by atoms with Gasteiger partial charge < -0.3 is 26.2 Å². The zero-order chi connectivity index (χ0) is 35.3. The molecule has 0 spiro atoms. The number of nitrogens with zero attached hydrogens (tertiary/aromatic N) is 3. The number of ketones is 1. The lowest BCUT2D eigenvalue weighted by atomic mass is 9.82. The van der Waals surface area contributed by atoms with E-state index in [0.717, 1.165) is 64.2 Å². The van der Waals surface area contributed by atoms with Crippen molar-refractivity contribution in [3.63, 3.8) is 0 Å². The van der Waals surface area contributed by atoms with Crippen LogP contribution in [0, 0.1) is 23.2 Å². The number of rotatable bonds is 13. The van der Waals surface area contributed by atoms with Gasteiger partial charge in [0.25, 0.3) is 11.8 Å². The quantitative estimate of drug-likeness (QED) is 0.170. The first kappa shape index (κ1) is 53.2. The molecule has 1 aliphatic heterocycles. The molecule has 4 N–H and O–H groups in total. The Kier molecular flexibility index (Phi) is 22.5. The van der Waals surface area contributed by atoms with E-state index in [1.165, 1.54) is 18.6 Å². The van der Waals surface area contributed by atoms with Gasteiger partial charge in [0.2, 0.25) is 23.5 Å². The highest BCUT2D eigenvalue weighted by atomic mass is 16.2. The van der Waals surface area contributed by atoms with E-state index in [0.29, 0.717) is 19.4 Å². The van der Waals surface area contributed by atoms with Crippen LogP contribution in [-0.4, -0.2) is 86.9 Å². The second kappa shape index (κ2) is 23.2. The van der Waals surface area contributed by atoms with Gasteiger partial charge in [0.15, 0.2) is 0 Å². The Balaban J connectivity index is 0. The van der Waals surface area contributed by atoms with Crippen LogP contribution in [0.25, 0.3) is 0 Å². The summed E-state index contributed by atoms with van der Waals surface area (Å²) in [6.07, 6.45) is 13.9. The van der Waals surface area contributed by atoms with Gasteiger partial charge in [-0.3, -0.25) is 33.8 Å². The Hall–Kier alpha value is -3.90. The highest BCUT2D eigenvalue weighted by molar-refractivity contribution is 6.38. The Bertz CT molecular complexity index is 1390. The molecule has 13 nitrogen and oxygen atoms in total. The van der Waals surface area contributed by atoms with Gasteiger partial charge in [-0.25, -0.2) is 4.98 Å². The van der Waals surface area contributed by atoms with Crippen molar-refractivity contribution in [1.29, 1.82) is 0 Å². The number of carbonyl (C=O) groups is 6. The summed E-state index contributed by atoms with van der Waals surface area (Å²) in [5.41, 5.74) is -0.638. The highest BCUT2D eigenvalue weighted by Gasteiger charge is 2.52. The Morgan fingerprint density at radius 2 is 1.47 bits per heavy atom. The van der Waals surface area contributed by atoms with Gasteiger partial charge in [-0.05, 0) is 68.1 Å². The van der Waals surface area contributed by atoms with Crippen LogP contribution in [0.3, 0.4) is 0 Å². The zero-order valence-electron chi connectivity index (χ0n) is 29.3. The van der Waals surface area contributed by atoms with Gasteiger partial charge >= 0.3 is 0 Å². The fourth-order valence-electron chi connectivity index (χ4n) is 7.87. The third-order valence-electron chi connectivity index (χ3n) is 10.7. The second-order valence-electron chi connectivity index (χ2n) is 15.5. The topological polar surface area (TPSA) is 180 Å². The Morgan fingerprint density at radius 1 is 0.818 bits per heavy atom. The molecule has 2 heterocycles. The fraction of sp³-hybridized carbons (Fsp3) is 0.762. The van der Waals surface area contributed by atoms with Crippen LogP contribution in [-0.2, 0) is 24.0 Å². The number of hydrogen-bond acceptors (Lipinski definition) is 8. The number of aromatic nitrogens is 2. The van der Waals surface area contributed by atoms with Crippen molar-refractivity contribution in [3.05, 3.63) is 24.3 Å². The molecule has 13 heteroatoms. The molecule has 1 aromatic rings. The molecule has 4 fully saturated rings. The first-order valence-electron chi connectivity index (χ1n) is 18.2. The van der Waals surface area contributed by atoms with Gasteiger partial charge in [-0.2, -0.15) is 0 Å². The molecule has 5 rings (SSSR count). The zero-order valence-corrected chi connectivity index (χ0v) is 29.3. The van der Waals surface area contributed by atoms with E-state index in [1.807, 2.05) is 27.7 Å². The van der Waals surface area contributed by atoms with Gasteiger partial charge in [-0.1, -0.05) is 104 Å². The summed E-state index contributed by atoms with van der Waals surface area (Å²) in [7, 11) is 0. The first-order valence-corrected chi connectivity index (χ1v) is 18.2. The predicted molar refractivity (Wildman–Crippen MR) is 221 cm³/mol. The third kappa shape index (κ3) is 13.1. The molecule has 3 aliphatic carbocycles. The van der Waals surface area contributed by atoms with E-state index in [-0.39, 0.29) is 80.0 Å². The van der Waals surface area contributed by atoms with E-state index in [1.54, 1.807) is 4.90 Å². The van der Waals surface area contributed by atoms with Gasteiger partial charge in [0, 0.05) is 25.0 Å². The summed E-state index contributed by atoms with van der Waals surface area (Å²) in [6, 6.07) is -3.68. The van der Waals surface area contributed by atoms with Crippen LogP contribution < -0.4 is 21.3 Å². The summed E-state index contributed by atoms with van der Waals surface area (Å²) in [5, 5.41) is 11.5. The molecule has 3 saturated carbocycles. The van der Waals surface area contributed by atoms with Crippen molar-refractivity contribution >= 4 is 35.3 Å². The van der Waals surface area contributed by atoms with Crippen LogP contribution in [0.1, 0.15) is 160 Å². The maximum Gasteiger partial charge on any atom is 0.289 e. The molecule has 1 saturated heterocycles. The smallest absolute Gasteiger partial charge is 0.289 e. The average molecular weight is 776 g/mol.